The van der Waals surface area contributed by atoms with Crippen LogP contribution in [-0.4, -0.2) is 37.2 Å². The van der Waals surface area contributed by atoms with Gasteiger partial charge in [-0.05, 0) is 38.8 Å². The molecule has 3 aliphatic rings. The van der Waals surface area contributed by atoms with Crippen molar-refractivity contribution in [1.29, 1.82) is 0 Å². The van der Waals surface area contributed by atoms with E-state index in [0.717, 1.165) is 12.5 Å². The highest BCUT2D eigenvalue weighted by Gasteiger charge is 2.34. The summed E-state index contributed by atoms with van der Waals surface area (Å²) in [6, 6.07) is 0. The zero-order valence-corrected chi connectivity index (χ0v) is 7.25. The average Bonchev–Trinajstić information content (AvgIpc) is 2.07. The molecule has 0 amide bonds. The summed E-state index contributed by atoms with van der Waals surface area (Å²) >= 11 is 0. The van der Waals surface area contributed by atoms with Crippen LogP contribution in [0.5, 0.6) is 0 Å². The average molecular weight is 155 g/mol. The van der Waals surface area contributed by atoms with Gasteiger partial charge in [0.2, 0.25) is 0 Å². The molecule has 3 heterocycles. The molecule has 64 valence electrons. The Hall–Kier alpha value is -0.0800. The minimum absolute atomic E-state index is 0.558. The number of nitrogens with zero attached hydrogens (tertiary/aromatic N) is 1. The van der Waals surface area contributed by atoms with E-state index in [0.29, 0.717) is 6.10 Å². The third-order valence-corrected chi connectivity index (χ3v) is 2.98. The predicted molar refractivity (Wildman–Crippen MR) is 44.6 cm³/mol. The molecule has 3 aliphatic heterocycles. The highest BCUT2D eigenvalue weighted by molar-refractivity contribution is 4.87. The fourth-order valence-corrected chi connectivity index (χ4v) is 2.31. The number of rotatable bonds is 2. The van der Waals surface area contributed by atoms with Crippen molar-refractivity contribution in [2.75, 3.05) is 26.2 Å². The Morgan fingerprint density at radius 3 is 2.55 bits per heavy atom. The second kappa shape index (κ2) is 3.11. The van der Waals surface area contributed by atoms with E-state index in [1.807, 2.05) is 0 Å². The summed E-state index contributed by atoms with van der Waals surface area (Å²) in [7, 11) is 0. The molecule has 3 fully saturated rings. The highest BCUT2D eigenvalue weighted by Crippen LogP contribution is 2.29. The first-order chi connectivity index (χ1) is 5.40. The lowest BCUT2D eigenvalue weighted by atomic mass is 9.86. The summed E-state index contributed by atoms with van der Waals surface area (Å²) in [4.78, 5) is 2.53. The fraction of sp³-hybridized carbons (Fsp3) is 1.00. The van der Waals surface area contributed by atoms with Crippen molar-refractivity contribution in [3.05, 3.63) is 0 Å². The van der Waals surface area contributed by atoms with E-state index in [1.54, 1.807) is 0 Å². The van der Waals surface area contributed by atoms with Gasteiger partial charge in [-0.15, -0.1) is 0 Å². The van der Waals surface area contributed by atoms with Crippen LogP contribution >= 0.6 is 0 Å². The van der Waals surface area contributed by atoms with Crippen molar-refractivity contribution < 1.29 is 4.74 Å². The van der Waals surface area contributed by atoms with Crippen LogP contribution in [0.4, 0.5) is 0 Å². The van der Waals surface area contributed by atoms with Crippen LogP contribution in [0.3, 0.4) is 0 Å². The minimum atomic E-state index is 0.558. The van der Waals surface area contributed by atoms with E-state index >= 15 is 0 Å². The van der Waals surface area contributed by atoms with Crippen LogP contribution in [0.1, 0.15) is 19.8 Å². The smallest absolute Gasteiger partial charge is 0.0730 e. The van der Waals surface area contributed by atoms with Crippen LogP contribution in [0.15, 0.2) is 0 Å². The van der Waals surface area contributed by atoms with Gasteiger partial charge in [0.05, 0.1) is 6.10 Å². The van der Waals surface area contributed by atoms with Crippen LogP contribution < -0.4 is 0 Å². The summed E-state index contributed by atoms with van der Waals surface area (Å²) in [6.07, 6.45) is 3.29. The normalized spacial score (nSPS) is 42.8. The molecular formula is C9H17NO. The van der Waals surface area contributed by atoms with Gasteiger partial charge in [-0.3, -0.25) is 0 Å². The molecule has 0 aromatic heterocycles. The van der Waals surface area contributed by atoms with E-state index in [-0.39, 0.29) is 0 Å². The molecule has 0 unspecified atom stereocenters. The lowest BCUT2D eigenvalue weighted by molar-refractivity contribution is -0.0652. The molecule has 0 aliphatic carbocycles. The summed E-state index contributed by atoms with van der Waals surface area (Å²) in [6.45, 7) is 6.80. The van der Waals surface area contributed by atoms with Gasteiger partial charge in [0.15, 0.2) is 0 Å². The number of hydrogen-bond acceptors (Lipinski definition) is 2. The molecule has 0 spiro atoms. The molecule has 3 rings (SSSR count). The SMILES string of the molecule is CCO[C@H]1CN2CCC1CC2. The monoisotopic (exact) mass is 155 g/mol. The zero-order chi connectivity index (χ0) is 7.68. The summed E-state index contributed by atoms with van der Waals surface area (Å²) < 4.78 is 5.68. The van der Waals surface area contributed by atoms with E-state index in [9.17, 15) is 0 Å². The largest absolute Gasteiger partial charge is 0.377 e. The molecule has 2 heteroatoms. The maximum Gasteiger partial charge on any atom is 0.0730 e. The fourth-order valence-electron chi connectivity index (χ4n) is 2.31. The number of piperidine rings is 3. The van der Waals surface area contributed by atoms with Crippen LogP contribution in [0.25, 0.3) is 0 Å². The molecule has 2 nitrogen and oxygen atoms in total. The molecule has 0 aromatic carbocycles. The number of fused-ring (bicyclic) bond motifs is 3. The standard InChI is InChI=1S/C9H17NO/c1-2-11-9-7-10-5-3-8(9)4-6-10/h8-9H,2-7H2,1H3/t9-/m0/s1. The van der Waals surface area contributed by atoms with Gasteiger partial charge in [-0.1, -0.05) is 0 Å². The number of hydrogen-bond donors (Lipinski definition) is 0. The predicted octanol–water partition coefficient (Wildman–Crippen LogP) is 1.12. The Labute approximate surface area is 68.5 Å². The second-order valence-electron chi connectivity index (χ2n) is 3.63. The quantitative estimate of drug-likeness (QED) is 0.592. The van der Waals surface area contributed by atoms with Crippen molar-refractivity contribution >= 4 is 0 Å². The third-order valence-electron chi connectivity index (χ3n) is 2.98. The molecule has 1 atom stereocenters. The van der Waals surface area contributed by atoms with Gasteiger partial charge in [0, 0.05) is 13.2 Å². The lowest BCUT2D eigenvalue weighted by Gasteiger charge is -2.44. The zero-order valence-electron chi connectivity index (χ0n) is 7.25. The van der Waals surface area contributed by atoms with E-state index in [2.05, 4.69) is 11.8 Å². The van der Waals surface area contributed by atoms with E-state index < -0.39 is 0 Å². The third kappa shape index (κ3) is 1.42. The summed E-state index contributed by atoms with van der Waals surface area (Å²) in [5.41, 5.74) is 0. The first-order valence-electron chi connectivity index (χ1n) is 4.74. The van der Waals surface area contributed by atoms with Gasteiger partial charge in [0.25, 0.3) is 0 Å². The minimum Gasteiger partial charge on any atom is -0.377 e. The maximum absolute atomic E-state index is 5.68. The molecular weight excluding hydrogens is 138 g/mol. The Morgan fingerprint density at radius 2 is 2.09 bits per heavy atom. The van der Waals surface area contributed by atoms with Gasteiger partial charge in [-0.25, -0.2) is 0 Å². The Balaban J connectivity index is 1.92. The van der Waals surface area contributed by atoms with Crippen molar-refractivity contribution in [2.45, 2.75) is 25.9 Å². The van der Waals surface area contributed by atoms with Gasteiger partial charge < -0.3 is 9.64 Å². The Kier molecular flexibility index (Phi) is 2.14. The molecule has 0 radical (unpaired) electrons. The molecule has 2 bridgehead atoms. The summed E-state index contributed by atoms with van der Waals surface area (Å²) in [5, 5.41) is 0. The first kappa shape index (κ1) is 7.56. The Morgan fingerprint density at radius 1 is 1.36 bits per heavy atom. The van der Waals surface area contributed by atoms with Crippen molar-refractivity contribution in [1.82, 2.24) is 4.90 Å². The summed E-state index contributed by atoms with van der Waals surface area (Å²) in [5.74, 6) is 0.875. The second-order valence-corrected chi connectivity index (χ2v) is 3.63. The van der Waals surface area contributed by atoms with Crippen LogP contribution in [0.2, 0.25) is 0 Å². The van der Waals surface area contributed by atoms with E-state index in [4.69, 9.17) is 4.74 Å². The maximum atomic E-state index is 5.68. The molecule has 3 saturated heterocycles. The molecule has 0 N–H and O–H groups in total. The topological polar surface area (TPSA) is 12.5 Å². The lowest BCUT2D eigenvalue weighted by Crippen LogP contribution is -2.51. The molecule has 11 heavy (non-hydrogen) atoms. The van der Waals surface area contributed by atoms with E-state index in [1.165, 1.54) is 32.5 Å². The Bertz CT molecular complexity index is 130. The van der Waals surface area contributed by atoms with Crippen molar-refractivity contribution in [3.63, 3.8) is 0 Å². The first-order valence-corrected chi connectivity index (χ1v) is 4.74. The van der Waals surface area contributed by atoms with Gasteiger partial charge in [0.1, 0.15) is 0 Å². The van der Waals surface area contributed by atoms with Crippen LogP contribution in [0, 0.1) is 5.92 Å². The van der Waals surface area contributed by atoms with Crippen molar-refractivity contribution in [2.24, 2.45) is 5.92 Å². The van der Waals surface area contributed by atoms with Gasteiger partial charge in [-0.2, -0.15) is 0 Å². The number of ether oxygens (including phenoxy) is 1. The molecule has 0 aromatic rings. The highest BCUT2D eigenvalue weighted by atomic mass is 16.5. The van der Waals surface area contributed by atoms with Crippen molar-refractivity contribution in [3.8, 4) is 0 Å². The molecule has 0 saturated carbocycles. The van der Waals surface area contributed by atoms with Crippen LogP contribution in [-0.2, 0) is 4.74 Å². The van der Waals surface area contributed by atoms with Gasteiger partial charge >= 0.3 is 0 Å².